The molecule has 0 saturated heterocycles. The highest BCUT2D eigenvalue weighted by Crippen LogP contribution is 2.21. The van der Waals surface area contributed by atoms with Gasteiger partial charge in [0, 0.05) is 18.7 Å². The molecule has 0 atom stereocenters. The lowest BCUT2D eigenvalue weighted by atomic mass is 10.1. The molecule has 5 heteroatoms. The van der Waals surface area contributed by atoms with Gasteiger partial charge in [0.1, 0.15) is 5.82 Å². The summed E-state index contributed by atoms with van der Waals surface area (Å²) in [5, 5.41) is 13.5. The SMILES string of the molecule is CCCCCCCCNc1cc([N+](=O)[O-])ccc1F. The third kappa shape index (κ3) is 5.68. The van der Waals surface area contributed by atoms with Crippen molar-refractivity contribution in [3.63, 3.8) is 0 Å². The van der Waals surface area contributed by atoms with Gasteiger partial charge in [-0.2, -0.15) is 0 Å². The first-order chi connectivity index (χ1) is 9.15. The lowest BCUT2D eigenvalue weighted by molar-refractivity contribution is -0.384. The summed E-state index contributed by atoms with van der Waals surface area (Å²) in [5.41, 5.74) is 0.120. The van der Waals surface area contributed by atoms with Crippen LogP contribution in [0.1, 0.15) is 45.4 Å². The van der Waals surface area contributed by atoms with Gasteiger partial charge in [-0.25, -0.2) is 4.39 Å². The molecule has 0 radical (unpaired) electrons. The van der Waals surface area contributed by atoms with Gasteiger partial charge in [0.15, 0.2) is 0 Å². The predicted molar refractivity (Wildman–Crippen MR) is 74.9 cm³/mol. The molecule has 1 aromatic carbocycles. The first kappa shape index (κ1) is 15.4. The van der Waals surface area contributed by atoms with E-state index in [0.29, 0.717) is 6.54 Å². The molecule has 1 N–H and O–H groups in total. The smallest absolute Gasteiger partial charge is 0.271 e. The molecule has 0 aliphatic carbocycles. The molecule has 0 amide bonds. The zero-order chi connectivity index (χ0) is 14.1. The summed E-state index contributed by atoms with van der Waals surface area (Å²) in [6.45, 7) is 2.82. The zero-order valence-corrected chi connectivity index (χ0v) is 11.3. The number of nitrogens with one attached hydrogen (secondary N) is 1. The second-order valence-electron chi connectivity index (χ2n) is 4.62. The molecule has 0 spiro atoms. The van der Waals surface area contributed by atoms with Crippen LogP contribution in [0.4, 0.5) is 15.8 Å². The van der Waals surface area contributed by atoms with E-state index in [9.17, 15) is 14.5 Å². The molecule has 1 aromatic rings. The lowest BCUT2D eigenvalue weighted by Crippen LogP contribution is -2.04. The Morgan fingerprint density at radius 1 is 1.21 bits per heavy atom. The van der Waals surface area contributed by atoms with Crippen molar-refractivity contribution in [1.82, 2.24) is 0 Å². The van der Waals surface area contributed by atoms with Gasteiger partial charge in [-0.1, -0.05) is 39.0 Å². The van der Waals surface area contributed by atoms with Crippen molar-refractivity contribution in [3.05, 3.63) is 34.1 Å². The Bertz CT molecular complexity index is 410. The van der Waals surface area contributed by atoms with Crippen LogP contribution >= 0.6 is 0 Å². The summed E-state index contributed by atoms with van der Waals surface area (Å²) in [7, 11) is 0. The van der Waals surface area contributed by atoms with Gasteiger partial charge < -0.3 is 5.32 Å². The van der Waals surface area contributed by atoms with Crippen molar-refractivity contribution in [3.8, 4) is 0 Å². The number of anilines is 1. The first-order valence-corrected chi connectivity index (χ1v) is 6.83. The van der Waals surface area contributed by atoms with E-state index in [1.165, 1.54) is 37.8 Å². The minimum absolute atomic E-state index is 0.0909. The third-order valence-corrected chi connectivity index (χ3v) is 3.01. The fraction of sp³-hybridized carbons (Fsp3) is 0.571. The predicted octanol–water partition coefficient (Wildman–Crippen LogP) is 4.51. The van der Waals surface area contributed by atoms with E-state index in [1.807, 2.05) is 0 Å². The third-order valence-electron chi connectivity index (χ3n) is 3.01. The van der Waals surface area contributed by atoms with E-state index < -0.39 is 10.7 Å². The highest BCUT2D eigenvalue weighted by atomic mass is 19.1. The number of nitro benzene ring substituents is 1. The first-order valence-electron chi connectivity index (χ1n) is 6.83. The Morgan fingerprint density at radius 2 is 1.89 bits per heavy atom. The summed E-state index contributed by atoms with van der Waals surface area (Å²) >= 11 is 0. The van der Waals surface area contributed by atoms with Crippen LogP contribution in [0.3, 0.4) is 0 Å². The summed E-state index contributed by atoms with van der Waals surface area (Å²) in [6.07, 6.45) is 6.95. The summed E-state index contributed by atoms with van der Waals surface area (Å²) in [4.78, 5) is 10.1. The number of benzene rings is 1. The zero-order valence-electron chi connectivity index (χ0n) is 11.3. The second kappa shape index (κ2) is 8.45. The van der Waals surface area contributed by atoms with E-state index in [1.54, 1.807) is 0 Å². The fourth-order valence-electron chi connectivity index (χ4n) is 1.89. The van der Waals surface area contributed by atoms with Gasteiger partial charge in [-0.15, -0.1) is 0 Å². The number of hydrogen-bond acceptors (Lipinski definition) is 3. The van der Waals surface area contributed by atoms with E-state index in [4.69, 9.17) is 0 Å². The Labute approximate surface area is 113 Å². The molecular formula is C14H21FN2O2. The van der Waals surface area contributed by atoms with E-state index >= 15 is 0 Å². The highest BCUT2D eigenvalue weighted by Gasteiger charge is 2.09. The largest absolute Gasteiger partial charge is 0.382 e. The van der Waals surface area contributed by atoms with Crippen LogP contribution in [0, 0.1) is 15.9 Å². The van der Waals surface area contributed by atoms with Crippen LogP contribution in [0.2, 0.25) is 0 Å². The Kier molecular flexibility index (Phi) is 6.85. The van der Waals surface area contributed by atoms with Crippen LogP contribution in [-0.2, 0) is 0 Å². The van der Waals surface area contributed by atoms with Crippen LogP contribution in [0.15, 0.2) is 18.2 Å². The molecule has 0 bridgehead atoms. The minimum atomic E-state index is -0.518. The van der Waals surface area contributed by atoms with Crippen molar-refractivity contribution in [2.24, 2.45) is 0 Å². The molecule has 0 aliphatic rings. The highest BCUT2D eigenvalue weighted by molar-refractivity contribution is 5.52. The van der Waals surface area contributed by atoms with Crippen LogP contribution < -0.4 is 5.32 Å². The van der Waals surface area contributed by atoms with Crippen molar-refractivity contribution >= 4 is 11.4 Å². The fourth-order valence-corrected chi connectivity index (χ4v) is 1.89. The van der Waals surface area contributed by atoms with E-state index in [-0.39, 0.29) is 11.4 Å². The molecule has 0 saturated carbocycles. The molecule has 106 valence electrons. The molecule has 4 nitrogen and oxygen atoms in total. The molecule has 0 heterocycles. The number of hydrogen-bond donors (Lipinski definition) is 1. The average Bonchev–Trinajstić information content (AvgIpc) is 2.39. The maximum Gasteiger partial charge on any atom is 0.271 e. The normalized spacial score (nSPS) is 10.4. The monoisotopic (exact) mass is 268 g/mol. The number of nitrogens with zero attached hydrogens (tertiary/aromatic N) is 1. The second-order valence-corrected chi connectivity index (χ2v) is 4.62. The number of halogens is 1. The molecule has 0 aromatic heterocycles. The van der Waals surface area contributed by atoms with Gasteiger partial charge in [0.25, 0.3) is 5.69 Å². The van der Waals surface area contributed by atoms with Crippen molar-refractivity contribution in [1.29, 1.82) is 0 Å². The molecule has 0 fully saturated rings. The molecule has 0 unspecified atom stereocenters. The number of nitro groups is 1. The van der Waals surface area contributed by atoms with Gasteiger partial charge in [0.05, 0.1) is 10.6 Å². The molecule has 19 heavy (non-hydrogen) atoms. The summed E-state index contributed by atoms with van der Waals surface area (Å²) < 4.78 is 13.4. The summed E-state index contributed by atoms with van der Waals surface area (Å²) in [5.74, 6) is -0.448. The molecule has 0 aliphatic heterocycles. The number of non-ortho nitro benzene ring substituents is 1. The standard InChI is InChI=1S/C14H21FN2O2/c1-2-3-4-5-6-7-10-16-14-11-12(17(18)19)8-9-13(14)15/h8-9,11,16H,2-7,10H2,1H3. The van der Waals surface area contributed by atoms with Crippen LogP contribution in [0.25, 0.3) is 0 Å². The quantitative estimate of drug-likeness (QED) is 0.407. The maximum absolute atomic E-state index is 13.4. The Morgan fingerprint density at radius 3 is 2.58 bits per heavy atom. The van der Waals surface area contributed by atoms with Gasteiger partial charge >= 0.3 is 0 Å². The maximum atomic E-state index is 13.4. The molecular weight excluding hydrogens is 247 g/mol. The van der Waals surface area contributed by atoms with Crippen LogP contribution in [0.5, 0.6) is 0 Å². The van der Waals surface area contributed by atoms with E-state index in [2.05, 4.69) is 12.2 Å². The minimum Gasteiger partial charge on any atom is -0.382 e. The van der Waals surface area contributed by atoms with E-state index in [0.717, 1.165) is 18.9 Å². The Balaban J connectivity index is 2.32. The van der Waals surface area contributed by atoms with Crippen LogP contribution in [-0.4, -0.2) is 11.5 Å². The Hall–Kier alpha value is -1.65. The molecule has 1 rings (SSSR count). The van der Waals surface area contributed by atoms with Crippen molar-refractivity contribution in [2.75, 3.05) is 11.9 Å². The van der Waals surface area contributed by atoms with Gasteiger partial charge in [0.2, 0.25) is 0 Å². The van der Waals surface area contributed by atoms with Gasteiger partial charge in [-0.3, -0.25) is 10.1 Å². The summed E-state index contributed by atoms with van der Waals surface area (Å²) in [6, 6.07) is 3.54. The lowest BCUT2D eigenvalue weighted by Gasteiger charge is -2.07. The van der Waals surface area contributed by atoms with Gasteiger partial charge in [-0.05, 0) is 12.5 Å². The number of rotatable bonds is 9. The van der Waals surface area contributed by atoms with Crippen molar-refractivity contribution < 1.29 is 9.31 Å². The average molecular weight is 268 g/mol. The topological polar surface area (TPSA) is 55.2 Å². The number of unbranched alkanes of at least 4 members (excludes halogenated alkanes) is 5. The van der Waals surface area contributed by atoms with Crippen molar-refractivity contribution in [2.45, 2.75) is 45.4 Å².